The summed E-state index contributed by atoms with van der Waals surface area (Å²) in [7, 11) is 0. The molecule has 2 aliphatic rings. The zero-order chi connectivity index (χ0) is 16.9. The molecule has 1 aliphatic carbocycles. The van der Waals surface area contributed by atoms with E-state index in [9.17, 15) is 9.59 Å². The Bertz CT molecular complexity index is 585. The SMILES string of the molecule is CC1CC1C(=O)Nc1ccc(C(=O)NCCC2CCCNC2)cc1.Cl. The van der Waals surface area contributed by atoms with Crippen LogP contribution in [0.4, 0.5) is 5.69 Å². The van der Waals surface area contributed by atoms with Crippen LogP contribution in [0.1, 0.15) is 43.0 Å². The molecule has 0 aromatic heterocycles. The van der Waals surface area contributed by atoms with Crippen LogP contribution in [0.25, 0.3) is 0 Å². The van der Waals surface area contributed by atoms with E-state index >= 15 is 0 Å². The van der Waals surface area contributed by atoms with Crippen LogP contribution in [0.2, 0.25) is 0 Å². The average molecular weight is 366 g/mol. The lowest BCUT2D eigenvalue weighted by Gasteiger charge is -2.22. The molecule has 5 nitrogen and oxygen atoms in total. The predicted molar refractivity (Wildman–Crippen MR) is 102 cm³/mol. The Kier molecular flexibility index (Phi) is 7.26. The minimum absolute atomic E-state index is 0. The predicted octanol–water partition coefficient (Wildman–Crippen LogP) is 2.82. The molecule has 0 bridgehead atoms. The van der Waals surface area contributed by atoms with Crippen molar-refractivity contribution < 1.29 is 9.59 Å². The molecular weight excluding hydrogens is 338 g/mol. The number of hydrogen-bond acceptors (Lipinski definition) is 3. The summed E-state index contributed by atoms with van der Waals surface area (Å²) in [5.74, 6) is 1.35. The molecule has 1 saturated heterocycles. The van der Waals surface area contributed by atoms with Crippen LogP contribution in [-0.4, -0.2) is 31.4 Å². The topological polar surface area (TPSA) is 70.2 Å². The summed E-state index contributed by atoms with van der Waals surface area (Å²) in [4.78, 5) is 24.1. The summed E-state index contributed by atoms with van der Waals surface area (Å²) < 4.78 is 0. The standard InChI is InChI=1S/C19H27N3O2.ClH/c1-13-11-17(13)19(24)22-16-6-4-15(5-7-16)18(23)21-10-8-14-3-2-9-20-12-14;/h4-7,13-14,17,20H,2-3,8-12H2,1H3,(H,21,23)(H,22,24);1H. The number of amides is 2. The maximum absolute atomic E-state index is 12.2. The van der Waals surface area contributed by atoms with Gasteiger partial charge in [0.1, 0.15) is 0 Å². The number of rotatable bonds is 6. The first-order valence-corrected chi connectivity index (χ1v) is 9.03. The third kappa shape index (κ3) is 5.72. The molecule has 2 amide bonds. The molecule has 138 valence electrons. The summed E-state index contributed by atoms with van der Waals surface area (Å²) in [6.45, 7) is 4.97. The number of hydrogen-bond donors (Lipinski definition) is 3. The zero-order valence-electron chi connectivity index (χ0n) is 14.7. The normalized spacial score (nSPS) is 24.8. The fourth-order valence-electron chi connectivity index (χ4n) is 3.29. The molecule has 0 spiro atoms. The number of carbonyl (C=O) groups excluding carboxylic acids is 2. The molecule has 1 aromatic carbocycles. The molecule has 0 radical (unpaired) electrons. The van der Waals surface area contributed by atoms with Crippen LogP contribution >= 0.6 is 12.4 Å². The van der Waals surface area contributed by atoms with Gasteiger partial charge in [-0.2, -0.15) is 0 Å². The number of anilines is 1. The van der Waals surface area contributed by atoms with E-state index in [-0.39, 0.29) is 30.1 Å². The highest BCUT2D eigenvalue weighted by atomic mass is 35.5. The minimum atomic E-state index is -0.0486. The Morgan fingerprint density at radius 2 is 1.96 bits per heavy atom. The van der Waals surface area contributed by atoms with E-state index in [0.29, 0.717) is 23.9 Å². The number of halogens is 1. The van der Waals surface area contributed by atoms with Crippen molar-refractivity contribution in [3.05, 3.63) is 29.8 Å². The van der Waals surface area contributed by atoms with Crippen molar-refractivity contribution >= 4 is 29.9 Å². The summed E-state index contributed by atoms with van der Waals surface area (Å²) in [6, 6.07) is 7.13. The molecule has 1 heterocycles. The van der Waals surface area contributed by atoms with E-state index < -0.39 is 0 Å². The Morgan fingerprint density at radius 1 is 1.24 bits per heavy atom. The van der Waals surface area contributed by atoms with Crippen LogP contribution in [0.5, 0.6) is 0 Å². The van der Waals surface area contributed by atoms with E-state index in [0.717, 1.165) is 31.6 Å². The molecular formula is C19H28ClN3O2. The van der Waals surface area contributed by atoms with E-state index in [1.807, 2.05) is 0 Å². The molecule has 3 rings (SSSR count). The quantitative estimate of drug-likeness (QED) is 0.726. The Hall–Kier alpha value is -1.59. The minimum Gasteiger partial charge on any atom is -0.352 e. The second-order valence-corrected chi connectivity index (χ2v) is 7.14. The van der Waals surface area contributed by atoms with E-state index in [2.05, 4.69) is 22.9 Å². The highest BCUT2D eigenvalue weighted by Gasteiger charge is 2.39. The van der Waals surface area contributed by atoms with Crippen LogP contribution < -0.4 is 16.0 Å². The van der Waals surface area contributed by atoms with Crippen molar-refractivity contribution in [3.8, 4) is 0 Å². The Morgan fingerprint density at radius 3 is 2.56 bits per heavy atom. The lowest BCUT2D eigenvalue weighted by atomic mass is 9.96. The Labute approximate surface area is 155 Å². The monoisotopic (exact) mass is 365 g/mol. The maximum atomic E-state index is 12.2. The molecule has 3 atom stereocenters. The van der Waals surface area contributed by atoms with Crippen LogP contribution in [0.15, 0.2) is 24.3 Å². The average Bonchev–Trinajstić information content (AvgIpc) is 3.33. The van der Waals surface area contributed by atoms with Crippen molar-refractivity contribution in [3.63, 3.8) is 0 Å². The first kappa shape index (κ1) is 19.7. The van der Waals surface area contributed by atoms with E-state index in [1.54, 1.807) is 24.3 Å². The van der Waals surface area contributed by atoms with Gasteiger partial charge in [-0.15, -0.1) is 12.4 Å². The van der Waals surface area contributed by atoms with Crippen LogP contribution in [0, 0.1) is 17.8 Å². The zero-order valence-corrected chi connectivity index (χ0v) is 15.5. The van der Waals surface area contributed by atoms with Gasteiger partial charge < -0.3 is 16.0 Å². The Balaban J connectivity index is 0.00000225. The fourth-order valence-corrected chi connectivity index (χ4v) is 3.29. The first-order chi connectivity index (χ1) is 11.6. The van der Waals surface area contributed by atoms with Gasteiger partial charge in [0, 0.05) is 23.7 Å². The van der Waals surface area contributed by atoms with Crippen LogP contribution in [-0.2, 0) is 4.79 Å². The van der Waals surface area contributed by atoms with Gasteiger partial charge in [-0.3, -0.25) is 9.59 Å². The molecule has 1 aromatic rings. The first-order valence-electron chi connectivity index (χ1n) is 9.03. The fraction of sp³-hybridized carbons (Fsp3) is 0.579. The smallest absolute Gasteiger partial charge is 0.251 e. The lowest BCUT2D eigenvalue weighted by Crippen LogP contribution is -2.33. The van der Waals surface area contributed by atoms with Gasteiger partial charge in [-0.05, 0) is 74.9 Å². The highest BCUT2D eigenvalue weighted by molar-refractivity contribution is 5.96. The van der Waals surface area contributed by atoms with Gasteiger partial charge in [0.2, 0.25) is 5.91 Å². The lowest BCUT2D eigenvalue weighted by molar-refractivity contribution is -0.117. The number of piperidine rings is 1. The van der Waals surface area contributed by atoms with Crippen molar-refractivity contribution in [2.24, 2.45) is 17.8 Å². The van der Waals surface area contributed by atoms with Crippen LogP contribution in [0.3, 0.4) is 0 Å². The molecule has 3 unspecified atom stereocenters. The number of nitrogens with one attached hydrogen (secondary N) is 3. The van der Waals surface area contributed by atoms with Crippen molar-refractivity contribution in [2.75, 3.05) is 25.0 Å². The van der Waals surface area contributed by atoms with Crippen molar-refractivity contribution in [1.82, 2.24) is 10.6 Å². The molecule has 6 heteroatoms. The second-order valence-electron chi connectivity index (χ2n) is 7.14. The molecule has 3 N–H and O–H groups in total. The highest BCUT2D eigenvalue weighted by Crippen LogP contribution is 2.38. The third-order valence-corrected chi connectivity index (χ3v) is 5.10. The summed E-state index contributed by atoms with van der Waals surface area (Å²) in [5.41, 5.74) is 1.39. The summed E-state index contributed by atoms with van der Waals surface area (Å²) in [5, 5.41) is 9.29. The molecule has 25 heavy (non-hydrogen) atoms. The summed E-state index contributed by atoms with van der Waals surface area (Å²) in [6.07, 6.45) is 4.47. The van der Waals surface area contributed by atoms with E-state index in [4.69, 9.17) is 0 Å². The van der Waals surface area contributed by atoms with Gasteiger partial charge in [0.05, 0.1) is 0 Å². The van der Waals surface area contributed by atoms with Crippen molar-refractivity contribution in [1.29, 1.82) is 0 Å². The van der Waals surface area contributed by atoms with Gasteiger partial charge >= 0.3 is 0 Å². The largest absolute Gasteiger partial charge is 0.352 e. The van der Waals surface area contributed by atoms with Crippen molar-refractivity contribution in [2.45, 2.75) is 32.6 Å². The third-order valence-electron chi connectivity index (χ3n) is 5.10. The molecule has 1 saturated carbocycles. The molecule has 1 aliphatic heterocycles. The molecule has 2 fully saturated rings. The second kappa shape index (κ2) is 9.20. The number of carbonyl (C=O) groups is 2. The van der Waals surface area contributed by atoms with Gasteiger partial charge in [0.15, 0.2) is 0 Å². The maximum Gasteiger partial charge on any atom is 0.251 e. The summed E-state index contributed by atoms with van der Waals surface area (Å²) >= 11 is 0. The van der Waals surface area contributed by atoms with Gasteiger partial charge in [-0.25, -0.2) is 0 Å². The number of benzene rings is 1. The van der Waals surface area contributed by atoms with Gasteiger partial charge in [0.25, 0.3) is 5.91 Å². The van der Waals surface area contributed by atoms with Gasteiger partial charge in [-0.1, -0.05) is 6.92 Å². The van der Waals surface area contributed by atoms with E-state index in [1.165, 1.54) is 12.8 Å².